The van der Waals surface area contributed by atoms with Crippen molar-refractivity contribution in [1.82, 2.24) is 4.90 Å². The van der Waals surface area contributed by atoms with Crippen molar-refractivity contribution >= 4 is 54.0 Å². The summed E-state index contributed by atoms with van der Waals surface area (Å²) in [5.74, 6) is 0.697. The van der Waals surface area contributed by atoms with Gasteiger partial charge in [0.25, 0.3) is 0 Å². The number of ether oxygens (including phenoxy) is 1. The highest BCUT2D eigenvalue weighted by Gasteiger charge is 2.09. The van der Waals surface area contributed by atoms with Gasteiger partial charge in [0.2, 0.25) is 0 Å². The van der Waals surface area contributed by atoms with E-state index in [1.165, 1.54) is 0 Å². The predicted molar refractivity (Wildman–Crippen MR) is 77.0 cm³/mol. The molecule has 0 radical (unpaired) electrons. The van der Waals surface area contributed by atoms with Crippen LogP contribution in [0.5, 0.6) is 0 Å². The molecule has 0 aromatic rings. The van der Waals surface area contributed by atoms with Crippen molar-refractivity contribution in [3.63, 3.8) is 0 Å². The molecule has 0 aliphatic carbocycles. The maximum Gasteiger partial charge on any atom is 0.322 e. The fourth-order valence-electron chi connectivity index (χ4n) is 0.981. The molecule has 2 N–H and O–H groups in total. The summed E-state index contributed by atoms with van der Waals surface area (Å²) in [5.41, 5.74) is 5.34. The van der Waals surface area contributed by atoms with E-state index in [-0.39, 0.29) is 30.8 Å². The van der Waals surface area contributed by atoms with E-state index in [1.54, 1.807) is 6.92 Å². The number of rotatable bonds is 8. The van der Waals surface area contributed by atoms with Crippen molar-refractivity contribution in [2.24, 2.45) is 5.73 Å². The van der Waals surface area contributed by atoms with Crippen LogP contribution in [0.2, 0.25) is 0 Å². The van der Waals surface area contributed by atoms with Gasteiger partial charge in [0, 0.05) is 31.4 Å². The van der Waals surface area contributed by atoms with Gasteiger partial charge in [0.05, 0.1) is 0 Å². The summed E-state index contributed by atoms with van der Waals surface area (Å²) in [4.78, 5) is 13.1. The van der Waals surface area contributed by atoms with Crippen LogP contribution in [0, 0.1) is 0 Å². The van der Waals surface area contributed by atoms with E-state index in [0.29, 0.717) is 24.9 Å². The Kier molecular flexibility index (Phi) is 19.5. The average Bonchev–Trinajstić information content (AvgIpc) is 2.18. The number of nitrogens with two attached hydrogens (primary N) is 1. The van der Waals surface area contributed by atoms with Crippen molar-refractivity contribution in [2.75, 3.05) is 38.0 Å². The molecular weight excluding hydrogens is 310 g/mol. The molecule has 106 valence electrons. The summed E-state index contributed by atoms with van der Waals surface area (Å²) < 4.78 is 4.93. The molecule has 0 fully saturated rings. The van der Waals surface area contributed by atoms with Gasteiger partial charge in [-0.3, -0.25) is 9.69 Å². The van der Waals surface area contributed by atoms with Crippen molar-refractivity contribution in [3.8, 4) is 0 Å². The van der Waals surface area contributed by atoms with E-state index in [2.05, 4.69) is 0 Å². The molecule has 0 unspecified atom stereocenters. The minimum absolute atomic E-state index is 0. The van der Waals surface area contributed by atoms with Gasteiger partial charge in [-0.25, -0.2) is 0 Å². The lowest BCUT2D eigenvalue weighted by atomic mass is 10.4. The third kappa shape index (κ3) is 12.8. The van der Waals surface area contributed by atoms with Crippen LogP contribution >= 0.6 is 48.0 Å². The van der Waals surface area contributed by atoms with Crippen LogP contribution in [0.25, 0.3) is 0 Å². The number of halogens is 4. The molecule has 0 rings (SSSR count). The Morgan fingerprint density at radius 1 is 1.24 bits per heavy atom. The average molecular weight is 330 g/mol. The lowest BCUT2D eigenvalue weighted by molar-refractivity contribution is -0.145. The Morgan fingerprint density at radius 3 is 2.06 bits per heavy atom. The molecule has 0 aliphatic rings. The molecule has 8 heteroatoms. The zero-order valence-corrected chi connectivity index (χ0v) is 12.9. The first-order valence-electron chi connectivity index (χ1n) is 4.88. The molecule has 0 bridgehead atoms. The molecule has 0 aliphatic heterocycles. The van der Waals surface area contributed by atoms with Gasteiger partial charge in [-0.2, -0.15) is 0 Å². The van der Waals surface area contributed by atoms with Crippen LogP contribution in [0.4, 0.5) is 0 Å². The Balaban J connectivity index is -0.000000980. The summed E-state index contributed by atoms with van der Waals surface area (Å²) in [6.45, 7) is 4.04. The molecule has 0 aromatic heterocycles. The highest BCUT2D eigenvalue weighted by Crippen LogP contribution is 1.93. The normalized spacial score (nSPS) is 11.4. The van der Waals surface area contributed by atoms with Gasteiger partial charge in [0.15, 0.2) is 0 Å². The van der Waals surface area contributed by atoms with Crippen molar-refractivity contribution in [2.45, 2.75) is 13.0 Å². The Morgan fingerprint density at radius 2 is 1.71 bits per heavy atom. The maximum absolute atomic E-state index is 11.0. The minimum atomic E-state index is -0.570. The summed E-state index contributed by atoms with van der Waals surface area (Å²) in [6, 6.07) is -0.570. The Hall–Kier alpha value is 0.550. The molecule has 4 nitrogen and oxygen atoms in total. The van der Waals surface area contributed by atoms with Crippen LogP contribution in [-0.4, -0.2) is 54.9 Å². The molecular formula is C9H20Cl4N2O2. The number of alkyl halides is 2. The van der Waals surface area contributed by atoms with Crippen LogP contribution in [0.3, 0.4) is 0 Å². The topological polar surface area (TPSA) is 55.6 Å². The smallest absolute Gasteiger partial charge is 0.322 e. The number of hydrogen-bond acceptors (Lipinski definition) is 4. The molecule has 0 spiro atoms. The van der Waals surface area contributed by atoms with Gasteiger partial charge in [-0.05, 0) is 6.92 Å². The third-order valence-corrected chi connectivity index (χ3v) is 2.16. The van der Waals surface area contributed by atoms with E-state index in [1.807, 2.05) is 4.90 Å². The lowest BCUT2D eigenvalue weighted by Gasteiger charge is -2.19. The van der Waals surface area contributed by atoms with E-state index in [0.717, 1.165) is 13.1 Å². The second-order valence-corrected chi connectivity index (χ2v) is 3.93. The molecule has 17 heavy (non-hydrogen) atoms. The van der Waals surface area contributed by atoms with Crippen molar-refractivity contribution in [1.29, 1.82) is 0 Å². The molecule has 1 atom stereocenters. The van der Waals surface area contributed by atoms with Crippen LogP contribution < -0.4 is 5.73 Å². The highest BCUT2D eigenvalue weighted by atomic mass is 35.5. The number of esters is 1. The van der Waals surface area contributed by atoms with Gasteiger partial charge in [0.1, 0.15) is 12.6 Å². The predicted octanol–water partition coefficient (Wildman–Crippen LogP) is 1.50. The fourth-order valence-corrected chi connectivity index (χ4v) is 1.46. The first kappa shape index (κ1) is 22.7. The number of carbonyl (C=O) groups is 1. The third-order valence-electron chi connectivity index (χ3n) is 1.83. The fraction of sp³-hybridized carbons (Fsp3) is 0.889. The van der Waals surface area contributed by atoms with E-state index in [4.69, 9.17) is 33.7 Å². The van der Waals surface area contributed by atoms with Gasteiger partial charge < -0.3 is 10.5 Å². The van der Waals surface area contributed by atoms with Crippen molar-refractivity contribution < 1.29 is 9.53 Å². The number of nitrogens with zero attached hydrogens (tertiary/aromatic N) is 1. The van der Waals surface area contributed by atoms with Crippen LogP contribution in [-0.2, 0) is 9.53 Å². The zero-order chi connectivity index (χ0) is 11.7. The van der Waals surface area contributed by atoms with Gasteiger partial charge in [-0.15, -0.1) is 48.0 Å². The minimum Gasteiger partial charge on any atom is -0.463 e. The monoisotopic (exact) mass is 328 g/mol. The highest BCUT2D eigenvalue weighted by molar-refractivity contribution is 6.18. The second kappa shape index (κ2) is 14.6. The van der Waals surface area contributed by atoms with Crippen LogP contribution in [0.15, 0.2) is 0 Å². The largest absolute Gasteiger partial charge is 0.463 e. The molecule has 0 heterocycles. The Labute approximate surface area is 125 Å². The van der Waals surface area contributed by atoms with Gasteiger partial charge in [-0.1, -0.05) is 0 Å². The van der Waals surface area contributed by atoms with Crippen LogP contribution in [0.1, 0.15) is 6.92 Å². The Bertz CT molecular complexity index is 178. The molecule has 0 amide bonds. The lowest BCUT2D eigenvalue weighted by Crippen LogP contribution is -2.34. The summed E-state index contributed by atoms with van der Waals surface area (Å²) in [5, 5.41) is 0. The SMILES string of the molecule is C[C@H](N)C(=O)OCCN(CCCl)CCCl.Cl.Cl. The van der Waals surface area contributed by atoms with Crippen molar-refractivity contribution in [3.05, 3.63) is 0 Å². The number of carbonyl (C=O) groups excluding carboxylic acids is 1. The van der Waals surface area contributed by atoms with Gasteiger partial charge >= 0.3 is 5.97 Å². The number of hydrogen-bond donors (Lipinski definition) is 1. The molecule has 0 saturated carbocycles. The summed E-state index contributed by atoms with van der Waals surface area (Å²) in [6.07, 6.45) is 0. The first-order valence-corrected chi connectivity index (χ1v) is 5.95. The van der Waals surface area contributed by atoms with E-state index >= 15 is 0 Å². The quantitative estimate of drug-likeness (QED) is 0.541. The summed E-state index contributed by atoms with van der Waals surface area (Å²) >= 11 is 11.2. The molecule has 0 saturated heterocycles. The maximum atomic E-state index is 11.0. The zero-order valence-electron chi connectivity index (χ0n) is 9.73. The van der Waals surface area contributed by atoms with E-state index in [9.17, 15) is 4.79 Å². The van der Waals surface area contributed by atoms with E-state index < -0.39 is 6.04 Å². The second-order valence-electron chi connectivity index (χ2n) is 3.18. The first-order chi connectivity index (χ1) is 7.11. The standard InChI is InChI=1S/C9H18Cl2N2O2.2ClH/c1-8(12)9(14)15-7-6-13(4-2-10)5-3-11;;/h8H,2-7,12H2,1H3;2*1H/t8-;;/m0../s1. The molecule has 0 aromatic carbocycles. The summed E-state index contributed by atoms with van der Waals surface area (Å²) in [7, 11) is 0.